The molecule has 2 heterocycles. The van der Waals surface area contributed by atoms with Crippen molar-refractivity contribution in [1.82, 2.24) is 4.98 Å². The Labute approximate surface area is 126 Å². The number of amides is 1. The number of benzene rings is 1. The van der Waals surface area contributed by atoms with E-state index in [0.717, 1.165) is 16.4 Å². The number of nitrogens with zero attached hydrogens (tertiary/aromatic N) is 2. The number of hydrogen-bond donors (Lipinski definition) is 2. The second-order valence-corrected chi connectivity index (χ2v) is 6.02. The number of carbonyl (C=O) groups is 1. The predicted octanol–water partition coefficient (Wildman–Crippen LogP) is 2.00. The van der Waals surface area contributed by atoms with E-state index in [1.165, 1.54) is 0 Å². The molecule has 1 aromatic carbocycles. The maximum atomic E-state index is 11.4. The van der Waals surface area contributed by atoms with Gasteiger partial charge in [0.05, 0.1) is 34.3 Å². The van der Waals surface area contributed by atoms with Crippen molar-refractivity contribution in [2.45, 2.75) is 13.5 Å². The van der Waals surface area contributed by atoms with Gasteiger partial charge in [0.15, 0.2) is 6.61 Å². The number of nitrogen functional groups attached to an aromatic ring is 1. The molecule has 3 rings (SSSR count). The molecule has 0 radical (unpaired) electrons. The number of nitrogens with one attached hydrogen (secondary N) is 1. The second kappa shape index (κ2) is 5.25. The fraction of sp³-hybridized carbons (Fsp3) is 0.286. The van der Waals surface area contributed by atoms with E-state index in [1.807, 2.05) is 30.3 Å². The lowest BCUT2D eigenvalue weighted by Gasteiger charge is -2.24. The quantitative estimate of drug-likeness (QED) is 0.848. The molecule has 0 atom stereocenters. The monoisotopic (exact) mass is 304 g/mol. The molecule has 110 valence electrons. The molecule has 6 nitrogen and oxygen atoms in total. The number of rotatable bonds is 3. The van der Waals surface area contributed by atoms with Gasteiger partial charge in [-0.1, -0.05) is 0 Å². The van der Waals surface area contributed by atoms with Gasteiger partial charge in [-0.3, -0.25) is 4.79 Å². The van der Waals surface area contributed by atoms with Crippen LogP contribution in [0.3, 0.4) is 0 Å². The summed E-state index contributed by atoms with van der Waals surface area (Å²) in [6.45, 7) is 2.66. The van der Waals surface area contributed by atoms with Crippen molar-refractivity contribution >= 4 is 34.3 Å². The molecule has 7 heteroatoms. The lowest BCUT2D eigenvalue weighted by atomic mass is 10.2. The van der Waals surface area contributed by atoms with Crippen molar-refractivity contribution in [3.63, 3.8) is 0 Å². The van der Waals surface area contributed by atoms with E-state index in [9.17, 15) is 4.79 Å². The highest BCUT2D eigenvalue weighted by Gasteiger charge is 2.19. The van der Waals surface area contributed by atoms with Gasteiger partial charge in [0, 0.05) is 18.5 Å². The molecule has 0 spiro atoms. The number of ether oxygens (including phenoxy) is 1. The van der Waals surface area contributed by atoms with Crippen LogP contribution in [0, 0.1) is 6.92 Å². The summed E-state index contributed by atoms with van der Waals surface area (Å²) in [4.78, 5) is 17.8. The fourth-order valence-electron chi connectivity index (χ4n) is 2.27. The van der Waals surface area contributed by atoms with Crippen molar-refractivity contribution in [3.05, 3.63) is 28.2 Å². The van der Waals surface area contributed by atoms with Crippen LogP contribution in [0.1, 0.15) is 10.7 Å². The third kappa shape index (κ3) is 2.78. The van der Waals surface area contributed by atoms with Gasteiger partial charge in [0.2, 0.25) is 0 Å². The molecule has 1 aliphatic rings. The zero-order valence-electron chi connectivity index (χ0n) is 11.8. The van der Waals surface area contributed by atoms with Gasteiger partial charge in [-0.05, 0) is 13.0 Å². The summed E-state index contributed by atoms with van der Waals surface area (Å²) < 4.78 is 5.35. The Kier molecular flexibility index (Phi) is 3.42. The van der Waals surface area contributed by atoms with E-state index in [-0.39, 0.29) is 12.5 Å². The van der Waals surface area contributed by atoms with E-state index >= 15 is 0 Å². The summed E-state index contributed by atoms with van der Waals surface area (Å²) in [5.41, 5.74) is 9.18. The summed E-state index contributed by atoms with van der Waals surface area (Å²) in [5, 5.41) is 5.86. The first-order valence-corrected chi connectivity index (χ1v) is 7.39. The van der Waals surface area contributed by atoms with Gasteiger partial charge in [-0.25, -0.2) is 4.98 Å². The van der Waals surface area contributed by atoms with E-state index in [0.29, 0.717) is 23.7 Å². The van der Waals surface area contributed by atoms with Gasteiger partial charge < -0.3 is 20.7 Å². The first kappa shape index (κ1) is 13.7. The average molecular weight is 304 g/mol. The van der Waals surface area contributed by atoms with Crippen molar-refractivity contribution in [1.29, 1.82) is 0 Å². The Balaban J connectivity index is 1.87. The summed E-state index contributed by atoms with van der Waals surface area (Å²) in [7, 11) is 1.94. The first-order valence-electron chi connectivity index (χ1n) is 6.51. The molecular formula is C14H16N4O2S. The van der Waals surface area contributed by atoms with E-state index < -0.39 is 0 Å². The van der Waals surface area contributed by atoms with Gasteiger partial charge >= 0.3 is 0 Å². The number of aryl methyl sites for hydroxylation is 1. The van der Waals surface area contributed by atoms with E-state index in [4.69, 9.17) is 10.5 Å². The zero-order chi connectivity index (χ0) is 15.0. The smallest absolute Gasteiger partial charge is 0.262 e. The Morgan fingerprint density at radius 3 is 3.05 bits per heavy atom. The van der Waals surface area contributed by atoms with Gasteiger partial charge in [0.25, 0.3) is 5.91 Å². The van der Waals surface area contributed by atoms with Crippen LogP contribution in [0.4, 0.5) is 17.1 Å². The number of carbonyl (C=O) groups excluding carboxylic acids is 1. The van der Waals surface area contributed by atoms with Crippen molar-refractivity contribution in [2.24, 2.45) is 0 Å². The molecule has 0 aliphatic carbocycles. The first-order chi connectivity index (χ1) is 10.0. The largest absolute Gasteiger partial charge is 0.482 e. The minimum Gasteiger partial charge on any atom is -0.482 e. The SMILES string of the molecule is Cc1nc(CN(C)c2cc3c(cc2N)OCC(=O)N3)cs1. The molecular weight excluding hydrogens is 288 g/mol. The Hall–Kier alpha value is -2.28. The van der Waals surface area contributed by atoms with Gasteiger partial charge in [0.1, 0.15) is 5.75 Å². The number of nitrogens with two attached hydrogens (primary N) is 1. The highest BCUT2D eigenvalue weighted by molar-refractivity contribution is 7.09. The summed E-state index contributed by atoms with van der Waals surface area (Å²) in [6, 6.07) is 3.58. The number of anilines is 3. The maximum Gasteiger partial charge on any atom is 0.262 e. The molecule has 0 bridgehead atoms. The van der Waals surface area contributed by atoms with Crippen LogP contribution < -0.4 is 20.7 Å². The third-order valence-electron chi connectivity index (χ3n) is 3.24. The molecule has 0 saturated carbocycles. The fourth-order valence-corrected chi connectivity index (χ4v) is 2.87. The number of hydrogen-bond acceptors (Lipinski definition) is 6. The Morgan fingerprint density at radius 1 is 1.52 bits per heavy atom. The molecule has 3 N–H and O–H groups in total. The summed E-state index contributed by atoms with van der Waals surface area (Å²) >= 11 is 1.62. The predicted molar refractivity (Wildman–Crippen MR) is 83.9 cm³/mol. The van der Waals surface area contributed by atoms with Crippen molar-refractivity contribution < 1.29 is 9.53 Å². The summed E-state index contributed by atoms with van der Waals surface area (Å²) in [6.07, 6.45) is 0. The van der Waals surface area contributed by atoms with Crippen LogP contribution in [0.5, 0.6) is 5.75 Å². The van der Waals surface area contributed by atoms with Crippen molar-refractivity contribution in [2.75, 3.05) is 29.6 Å². The number of thiazole rings is 1. The normalized spacial score (nSPS) is 13.3. The molecule has 0 fully saturated rings. The van der Waals surface area contributed by atoms with Gasteiger partial charge in [-0.2, -0.15) is 0 Å². The van der Waals surface area contributed by atoms with Crippen LogP contribution in [-0.4, -0.2) is 24.5 Å². The minimum atomic E-state index is -0.156. The van der Waals surface area contributed by atoms with Crippen molar-refractivity contribution in [3.8, 4) is 5.75 Å². The highest BCUT2D eigenvalue weighted by Crippen LogP contribution is 2.37. The number of aromatic nitrogens is 1. The lowest BCUT2D eigenvalue weighted by Crippen LogP contribution is -2.26. The van der Waals surface area contributed by atoms with Crippen LogP contribution in [-0.2, 0) is 11.3 Å². The van der Waals surface area contributed by atoms with Gasteiger partial charge in [-0.15, -0.1) is 11.3 Å². The van der Waals surface area contributed by atoms with E-state index in [1.54, 1.807) is 17.4 Å². The maximum absolute atomic E-state index is 11.4. The van der Waals surface area contributed by atoms with Crippen LogP contribution in [0.25, 0.3) is 0 Å². The molecule has 1 amide bonds. The topological polar surface area (TPSA) is 80.5 Å². The Bertz CT molecular complexity index is 698. The Morgan fingerprint density at radius 2 is 2.33 bits per heavy atom. The van der Waals surface area contributed by atoms with Crippen LogP contribution in [0.15, 0.2) is 17.5 Å². The minimum absolute atomic E-state index is 0.0275. The second-order valence-electron chi connectivity index (χ2n) is 4.96. The van der Waals surface area contributed by atoms with E-state index in [2.05, 4.69) is 10.3 Å². The molecule has 1 aromatic heterocycles. The standard InChI is InChI=1S/C14H16N4O2S/c1-8-16-9(7-21-8)5-18(2)12-4-11-13(3-10(12)15)20-6-14(19)17-11/h3-4,7H,5-6,15H2,1-2H3,(H,17,19). The summed E-state index contributed by atoms with van der Waals surface area (Å²) in [5.74, 6) is 0.449. The molecule has 0 saturated heterocycles. The molecule has 0 unspecified atom stereocenters. The van der Waals surface area contributed by atoms with Crippen LogP contribution >= 0.6 is 11.3 Å². The average Bonchev–Trinajstić information content (AvgIpc) is 2.83. The highest BCUT2D eigenvalue weighted by atomic mass is 32.1. The molecule has 2 aromatic rings. The molecule has 21 heavy (non-hydrogen) atoms. The van der Waals surface area contributed by atoms with Crippen LogP contribution in [0.2, 0.25) is 0 Å². The zero-order valence-corrected chi connectivity index (χ0v) is 12.7. The number of fused-ring (bicyclic) bond motifs is 1. The third-order valence-corrected chi connectivity index (χ3v) is 4.06. The molecule has 1 aliphatic heterocycles. The lowest BCUT2D eigenvalue weighted by molar-refractivity contribution is -0.118.